The van der Waals surface area contributed by atoms with Gasteiger partial charge in [-0.3, -0.25) is 4.79 Å². The summed E-state index contributed by atoms with van der Waals surface area (Å²) in [5.74, 6) is -0.0127. The van der Waals surface area contributed by atoms with E-state index in [4.69, 9.17) is 16.3 Å². The molecule has 3 rings (SSSR count). The van der Waals surface area contributed by atoms with Crippen molar-refractivity contribution in [2.45, 2.75) is 13.0 Å². The van der Waals surface area contributed by atoms with Gasteiger partial charge in [0.15, 0.2) is 0 Å². The lowest BCUT2D eigenvalue weighted by atomic mass is 10.1. The molecule has 0 spiro atoms. The van der Waals surface area contributed by atoms with Crippen LogP contribution in [0.3, 0.4) is 0 Å². The van der Waals surface area contributed by atoms with Gasteiger partial charge in [-0.2, -0.15) is 0 Å². The van der Waals surface area contributed by atoms with Gasteiger partial charge in [0.1, 0.15) is 5.15 Å². The molecule has 0 saturated carbocycles. The number of halogens is 1. The summed E-state index contributed by atoms with van der Waals surface area (Å²) in [5, 5.41) is 1.17. The summed E-state index contributed by atoms with van der Waals surface area (Å²) >= 11 is 6.04. The quantitative estimate of drug-likeness (QED) is 0.759. The van der Waals surface area contributed by atoms with Gasteiger partial charge in [0.2, 0.25) is 0 Å². The number of benzene rings is 1. The molecule has 0 aliphatic carbocycles. The minimum atomic E-state index is -0.0127. The second-order valence-electron chi connectivity index (χ2n) is 4.93. The zero-order valence-electron chi connectivity index (χ0n) is 11.2. The summed E-state index contributed by atoms with van der Waals surface area (Å²) in [4.78, 5) is 18.8. The highest BCUT2D eigenvalue weighted by molar-refractivity contribution is 6.30. The number of ether oxygens (including phenoxy) is 1. The molecule has 1 aliphatic rings. The molecule has 20 heavy (non-hydrogen) atoms. The lowest BCUT2D eigenvalue weighted by Crippen LogP contribution is -2.47. The third-order valence-electron chi connectivity index (χ3n) is 3.54. The van der Waals surface area contributed by atoms with Crippen molar-refractivity contribution >= 4 is 28.4 Å². The minimum Gasteiger partial charge on any atom is -0.377 e. The van der Waals surface area contributed by atoms with Crippen molar-refractivity contribution in [3.8, 4) is 0 Å². The van der Waals surface area contributed by atoms with Crippen molar-refractivity contribution in [2.75, 3.05) is 19.8 Å². The van der Waals surface area contributed by atoms with Crippen LogP contribution >= 0.6 is 11.6 Å². The predicted octanol–water partition coefficient (Wildman–Crippen LogP) is 2.75. The first-order valence-corrected chi connectivity index (χ1v) is 6.98. The van der Waals surface area contributed by atoms with E-state index in [2.05, 4.69) is 4.98 Å². The van der Waals surface area contributed by atoms with Crippen molar-refractivity contribution in [2.24, 2.45) is 0 Å². The fourth-order valence-corrected chi connectivity index (χ4v) is 2.70. The monoisotopic (exact) mass is 290 g/mol. The lowest BCUT2D eigenvalue weighted by molar-refractivity contribution is 0.00370. The standard InChI is InChI=1S/C15H15ClN2O2/c1-10-9-20-7-6-18(10)15(19)12-8-14(16)17-13-5-3-2-4-11(12)13/h2-5,8,10H,6-7,9H2,1H3/t10-/m1/s1. The molecule has 104 valence electrons. The number of pyridine rings is 1. The molecule has 1 amide bonds. The molecule has 1 saturated heterocycles. The smallest absolute Gasteiger partial charge is 0.255 e. The molecule has 0 N–H and O–H groups in total. The number of carbonyl (C=O) groups is 1. The van der Waals surface area contributed by atoms with Crippen LogP contribution < -0.4 is 0 Å². The van der Waals surface area contributed by atoms with E-state index in [0.717, 1.165) is 10.9 Å². The Morgan fingerprint density at radius 1 is 1.45 bits per heavy atom. The van der Waals surface area contributed by atoms with Gasteiger partial charge in [-0.15, -0.1) is 0 Å². The largest absolute Gasteiger partial charge is 0.377 e. The number of rotatable bonds is 1. The van der Waals surface area contributed by atoms with Gasteiger partial charge in [-0.25, -0.2) is 4.98 Å². The fraction of sp³-hybridized carbons (Fsp3) is 0.333. The summed E-state index contributed by atoms with van der Waals surface area (Å²) in [6, 6.07) is 9.27. The Hall–Kier alpha value is -1.65. The Balaban J connectivity index is 2.06. The molecule has 0 radical (unpaired) electrons. The molecule has 1 fully saturated rings. The number of para-hydroxylation sites is 1. The zero-order chi connectivity index (χ0) is 14.1. The van der Waals surface area contributed by atoms with Gasteiger partial charge < -0.3 is 9.64 Å². The van der Waals surface area contributed by atoms with E-state index in [1.165, 1.54) is 0 Å². The van der Waals surface area contributed by atoms with Gasteiger partial charge in [-0.1, -0.05) is 29.8 Å². The number of aromatic nitrogens is 1. The van der Waals surface area contributed by atoms with E-state index in [1.807, 2.05) is 36.1 Å². The molecule has 5 heteroatoms. The molecule has 1 aromatic heterocycles. The first-order chi connectivity index (χ1) is 9.66. The Morgan fingerprint density at radius 2 is 2.25 bits per heavy atom. The van der Waals surface area contributed by atoms with Crippen LogP contribution in [0.1, 0.15) is 17.3 Å². The zero-order valence-corrected chi connectivity index (χ0v) is 11.9. The minimum absolute atomic E-state index is 0.0127. The first-order valence-electron chi connectivity index (χ1n) is 6.61. The summed E-state index contributed by atoms with van der Waals surface area (Å²) in [6.07, 6.45) is 0. The highest BCUT2D eigenvalue weighted by atomic mass is 35.5. The highest BCUT2D eigenvalue weighted by Gasteiger charge is 2.26. The molecule has 1 atom stereocenters. The Bertz CT molecular complexity index is 659. The van der Waals surface area contributed by atoms with Crippen molar-refractivity contribution in [1.29, 1.82) is 0 Å². The third kappa shape index (κ3) is 2.37. The molecular weight excluding hydrogens is 276 g/mol. The van der Waals surface area contributed by atoms with Gasteiger partial charge in [0.05, 0.1) is 30.3 Å². The molecule has 1 aliphatic heterocycles. The van der Waals surface area contributed by atoms with Crippen molar-refractivity contribution in [3.05, 3.63) is 41.0 Å². The molecular formula is C15H15ClN2O2. The topological polar surface area (TPSA) is 42.4 Å². The summed E-state index contributed by atoms with van der Waals surface area (Å²) in [6.45, 7) is 3.74. The fourth-order valence-electron chi connectivity index (χ4n) is 2.50. The second-order valence-corrected chi connectivity index (χ2v) is 5.32. The summed E-state index contributed by atoms with van der Waals surface area (Å²) in [7, 11) is 0. The van der Waals surface area contributed by atoms with Gasteiger partial charge in [0, 0.05) is 11.9 Å². The van der Waals surface area contributed by atoms with Crippen molar-refractivity contribution in [3.63, 3.8) is 0 Å². The maximum absolute atomic E-state index is 12.8. The van der Waals surface area contributed by atoms with Crippen LogP contribution in [0.2, 0.25) is 5.15 Å². The number of nitrogens with zero attached hydrogens (tertiary/aromatic N) is 2. The lowest BCUT2D eigenvalue weighted by Gasteiger charge is -2.33. The number of carbonyl (C=O) groups excluding carboxylic acids is 1. The van der Waals surface area contributed by atoms with Crippen LogP contribution in [0.4, 0.5) is 0 Å². The van der Waals surface area contributed by atoms with E-state index in [-0.39, 0.29) is 11.9 Å². The van der Waals surface area contributed by atoms with Crippen LogP contribution in [0, 0.1) is 0 Å². The van der Waals surface area contributed by atoms with Crippen LogP contribution in [0.15, 0.2) is 30.3 Å². The van der Waals surface area contributed by atoms with Gasteiger partial charge in [0.25, 0.3) is 5.91 Å². The van der Waals surface area contributed by atoms with E-state index in [1.54, 1.807) is 6.07 Å². The molecule has 2 aromatic rings. The number of fused-ring (bicyclic) bond motifs is 1. The molecule has 2 heterocycles. The van der Waals surface area contributed by atoms with Crippen LogP contribution in [-0.2, 0) is 4.74 Å². The second kappa shape index (κ2) is 5.38. The maximum Gasteiger partial charge on any atom is 0.255 e. The number of amides is 1. The van der Waals surface area contributed by atoms with E-state index >= 15 is 0 Å². The molecule has 0 bridgehead atoms. The van der Waals surface area contributed by atoms with Crippen LogP contribution in [0.25, 0.3) is 10.9 Å². The van der Waals surface area contributed by atoms with Crippen LogP contribution in [0.5, 0.6) is 0 Å². The normalized spacial score (nSPS) is 19.3. The van der Waals surface area contributed by atoms with E-state index in [0.29, 0.717) is 30.5 Å². The number of hydrogen-bond acceptors (Lipinski definition) is 3. The molecule has 0 unspecified atom stereocenters. The Labute approximate surface area is 122 Å². The molecule has 4 nitrogen and oxygen atoms in total. The SMILES string of the molecule is C[C@@H]1COCCN1C(=O)c1cc(Cl)nc2ccccc12. The average molecular weight is 291 g/mol. The van der Waals surface area contributed by atoms with E-state index < -0.39 is 0 Å². The maximum atomic E-state index is 12.8. The Kier molecular flexibility index (Phi) is 3.59. The average Bonchev–Trinajstić information content (AvgIpc) is 2.46. The Morgan fingerprint density at radius 3 is 3.05 bits per heavy atom. The number of hydrogen-bond donors (Lipinski definition) is 0. The van der Waals surface area contributed by atoms with Crippen molar-refractivity contribution in [1.82, 2.24) is 9.88 Å². The summed E-state index contributed by atoms with van der Waals surface area (Å²) < 4.78 is 5.38. The molecule has 1 aromatic carbocycles. The van der Waals surface area contributed by atoms with Crippen molar-refractivity contribution < 1.29 is 9.53 Å². The van der Waals surface area contributed by atoms with Crippen LogP contribution in [-0.4, -0.2) is 41.6 Å². The summed E-state index contributed by atoms with van der Waals surface area (Å²) in [5.41, 5.74) is 1.35. The predicted molar refractivity (Wildman–Crippen MR) is 78.1 cm³/mol. The van der Waals surface area contributed by atoms with Gasteiger partial charge >= 0.3 is 0 Å². The highest BCUT2D eigenvalue weighted by Crippen LogP contribution is 2.23. The number of morpholine rings is 1. The van der Waals surface area contributed by atoms with E-state index in [9.17, 15) is 4.79 Å². The third-order valence-corrected chi connectivity index (χ3v) is 3.74. The first kappa shape index (κ1) is 13.3. The van der Waals surface area contributed by atoms with Gasteiger partial charge in [-0.05, 0) is 19.1 Å².